The van der Waals surface area contributed by atoms with E-state index in [1.165, 1.54) is 10.9 Å². The van der Waals surface area contributed by atoms with Gasteiger partial charge in [0.2, 0.25) is 5.91 Å². The zero-order valence-corrected chi connectivity index (χ0v) is 11.0. The largest absolute Gasteiger partial charge is 0.374 e. The lowest BCUT2D eigenvalue weighted by molar-refractivity contribution is -0.118. The summed E-state index contributed by atoms with van der Waals surface area (Å²) in [6, 6.07) is 0. The Morgan fingerprint density at radius 3 is 3.00 bits per heavy atom. The van der Waals surface area contributed by atoms with Crippen molar-refractivity contribution in [3.63, 3.8) is 0 Å². The number of rotatable bonds is 5. The third kappa shape index (κ3) is 3.42. The summed E-state index contributed by atoms with van der Waals surface area (Å²) in [6.07, 6.45) is 3.07. The number of aromatic nitrogens is 2. The van der Waals surface area contributed by atoms with Gasteiger partial charge in [-0.15, -0.1) is 6.58 Å². The second-order valence-corrected chi connectivity index (χ2v) is 3.97. The highest BCUT2D eigenvalue weighted by atomic mass is 79.9. The molecule has 0 aliphatic rings. The van der Waals surface area contributed by atoms with Crippen molar-refractivity contribution >= 4 is 27.5 Å². The number of allylic oxidation sites excluding steroid dienone is 1. The van der Waals surface area contributed by atoms with Gasteiger partial charge in [0.15, 0.2) is 0 Å². The molecule has 92 valence electrons. The van der Waals surface area contributed by atoms with Crippen molar-refractivity contribution in [1.29, 1.82) is 0 Å². The summed E-state index contributed by atoms with van der Waals surface area (Å²) >= 11 is 3.17. The van der Waals surface area contributed by atoms with Crippen molar-refractivity contribution in [3.05, 3.63) is 33.7 Å². The van der Waals surface area contributed by atoms with E-state index in [0.717, 1.165) is 0 Å². The lowest BCUT2D eigenvalue weighted by Gasteiger charge is -2.08. The Hall–Kier alpha value is -1.63. The van der Waals surface area contributed by atoms with Crippen LogP contribution in [0.5, 0.6) is 0 Å². The van der Waals surface area contributed by atoms with Crippen LogP contribution >= 0.6 is 15.9 Å². The van der Waals surface area contributed by atoms with Gasteiger partial charge in [0.05, 0.1) is 25.0 Å². The number of carbonyl (C=O) groups is 1. The minimum atomic E-state index is -0.271. The number of nitrogens with one attached hydrogen (secondary N) is 2. The molecule has 1 amide bonds. The Labute approximate surface area is 107 Å². The molecule has 0 atom stereocenters. The number of anilines is 1. The Morgan fingerprint density at radius 1 is 1.71 bits per heavy atom. The molecule has 0 fully saturated rings. The molecule has 0 aromatic carbocycles. The fourth-order valence-corrected chi connectivity index (χ4v) is 1.55. The first kappa shape index (κ1) is 13.4. The van der Waals surface area contributed by atoms with Crippen LogP contribution in [-0.4, -0.2) is 29.3 Å². The van der Waals surface area contributed by atoms with E-state index in [1.807, 2.05) is 0 Å². The summed E-state index contributed by atoms with van der Waals surface area (Å²) in [4.78, 5) is 22.8. The molecule has 0 unspecified atom stereocenters. The van der Waals surface area contributed by atoms with Crippen LogP contribution < -0.4 is 16.2 Å². The van der Waals surface area contributed by atoms with E-state index in [1.54, 1.807) is 13.1 Å². The van der Waals surface area contributed by atoms with Crippen LogP contribution in [0, 0.1) is 0 Å². The molecule has 1 heterocycles. The van der Waals surface area contributed by atoms with Gasteiger partial charge >= 0.3 is 0 Å². The first-order valence-corrected chi connectivity index (χ1v) is 5.70. The zero-order valence-electron chi connectivity index (χ0n) is 9.36. The van der Waals surface area contributed by atoms with Gasteiger partial charge in [0.1, 0.15) is 4.47 Å². The van der Waals surface area contributed by atoms with Crippen molar-refractivity contribution in [2.75, 3.05) is 18.9 Å². The molecule has 1 aromatic rings. The van der Waals surface area contributed by atoms with Gasteiger partial charge in [-0.05, 0) is 15.9 Å². The molecular weight excluding hydrogens is 288 g/mol. The molecule has 6 nitrogen and oxygen atoms in total. The van der Waals surface area contributed by atoms with Gasteiger partial charge in [-0.2, -0.15) is 5.10 Å². The molecule has 0 aliphatic carbocycles. The van der Waals surface area contributed by atoms with E-state index in [2.05, 4.69) is 38.2 Å². The third-order valence-corrected chi connectivity index (χ3v) is 2.77. The van der Waals surface area contributed by atoms with E-state index in [-0.39, 0.29) is 18.0 Å². The van der Waals surface area contributed by atoms with Crippen LogP contribution in [0.15, 0.2) is 28.1 Å². The number of hydrogen-bond acceptors (Lipinski definition) is 4. The first-order valence-electron chi connectivity index (χ1n) is 4.91. The van der Waals surface area contributed by atoms with E-state index >= 15 is 0 Å². The maximum atomic E-state index is 11.8. The monoisotopic (exact) mass is 300 g/mol. The Bertz CT molecular complexity index is 484. The fraction of sp³-hybridized carbons (Fsp3) is 0.300. The first-order chi connectivity index (χ1) is 8.10. The minimum absolute atomic E-state index is 0.0850. The maximum Gasteiger partial charge on any atom is 0.283 e. The molecule has 7 heteroatoms. The molecule has 0 saturated heterocycles. The second kappa shape index (κ2) is 6.19. The summed E-state index contributed by atoms with van der Waals surface area (Å²) in [6.45, 7) is 3.96. The highest BCUT2D eigenvalue weighted by Gasteiger charge is 2.08. The van der Waals surface area contributed by atoms with Crippen LogP contribution in [0.4, 0.5) is 5.69 Å². The van der Waals surface area contributed by atoms with Gasteiger partial charge in [-0.3, -0.25) is 9.59 Å². The topological polar surface area (TPSA) is 76.0 Å². The second-order valence-electron chi connectivity index (χ2n) is 3.17. The molecular formula is C10H13BrN4O2. The third-order valence-electron chi connectivity index (χ3n) is 2.01. The van der Waals surface area contributed by atoms with Gasteiger partial charge in [-0.1, -0.05) is 6.08 Å². The predicted molar refractivity (Wildman–Crippen MR) is 69.0 cm³/mol. The quantitative estimate of drug-likeness (QED) is 0.770. The van der Waals surface area contributed by atoms with E-state index in [0.29, 0.717) is 16.7 Å². The van der Waals surface area contributed by atoms with E-state index in [9.17, 15) is 9.59 Å². The van der Waals surface area contributed by atoms with Crippen LogP contribution in [0.3, 0.4) is 0 Å². The van der Waals surface area contributed by atoms with Crippen molar-refractivity contribution in [2.45, 2.75) is 6.54 Å². The van der Waals surface area contributed by atoms with Gasteiger partial charge in [-0.25, -0.2) is 4.68 Å². The summed E-state index contributed by atoms with van der Waals surface area (Å²) in [7, 11) is 1.54. The molecule has 0 aliphatic heterocycles. The fourth-order valence-electron chi connectivity index (χ4n) is 1.10. The van der Waals surface area contributed by atoms with Crippen molar-refractivity contribution in [1.82, 2.24) is 15.1 Å². The van der Waals surface area contributed by atoms with Crippen LogP contribution in [0.1, 0.15) is 0 Å². The number of carbonyl (C=O) groups excluding carboxylic acids is 1. The van der Waals surface area contributed by atoms with Gasteiger partial charge < -0.3 is 10.6 Å². The van der Waals surface area contributed by atoms with Gasteiger partial charge in [0.25, 0.3) is 5.56 Å². The summed E-state index contributed by atoms with van der Waals surface area (Å²) < 4.78 is 1.61. The summed E-state index contributed by atoms with van der Waals surface area (Å²) in [5.41, 5.74) is 0.214. The number of hydrogen-bond donors (Lipinski definition) is 2. The lowest BCUT2D eigenvalue weighted by atomic mass is 10.4. The number of halogens is 1. The Balaban J connectivity index is 2.89. The van der Waals surface area contributed by atoms with E-state index in [4.69, 9.17) is 0 Å². The van der Waals surface area contributed by atoms with Crippen LogP contribution in [0.25, 0.3) is 0 Å². The molecule has 17 heavy (non-hydrogen) atoms. The average molecular weight is 301 g/mol. The average Bonchev–Trinajstić information content (AvgIpc) is 2.34. The van der Waals surface area contributed by atoms with Crippen molar-refractivity contribution < 1.29 is 4.79 Å². The molecule has 0 spiro atoms. The minimum Gasteiger partial charge on any atom is -0.374 e. The Kier molecular flexibility index (Phi) is 4.89. The molecule has 0 saturated carbocycles. The summed E-state index contributed by atoms with van der Waals surface area (Å²) in [5.74, 6) is -0.174. The SMILES string of the molecule is C=CCn1ncc(NCC(=O)NC)c(Br)c1=O. The van der Waals surface area contributed by atoms with Crippen LogP contribution in [-0.2, 0) is 11.3 Å². The maximum absolute atomic E-state index is 11.8. The van der Waals surface area contributed by atoms with Crippen molar-refractivity contribution in [2.24, 2.45) is 0 Å². The smallest absolute Gasteiger partial charge is 0.283 e. The molecule has 0 bridgehead atoms. The van der Waals surface area contributed by atoms with Crippen LogP contribution in [0.2, 0.25) is 0 Å². The van der Waals surface area contributed by atoms with Gasteiger partial charge in [0, 0.05) is 7.05 Å². The highest BCUT2D eigenvalue weighted by molar-refractivity contribution is 9.10. The van der Waals surface area contributed by atoms with Crippen molar-refractivity contribution in [3.8, 4) is 0 Å². The lowest BCUT2D eigenvalue weighted by Crippen LogP contribution is -2.28. The van der Waals surface area contributed by atoms with E-state index < -0.39 is 0 Å². The summed E-state index contributed by atoms with van der Waals surface area (Å²) in [5, 5.41) is 9.22. The normalized spacial score (nSPS) is 9.76. The highest BCUT2D eigenvalue weighted by Crippen LogP contribution is 2.15. The number of nitrogens with zero attached hydrogens (tertiary/aromatic N) is 2. The predicted octanol–water partition coefficient (Wildman–Crippen LogP) is 0.350. The zero-order chi connectivity index (χ0) is 12.8. The molecule has 0 radical (unpaired) electrons. The number of likely N-dealkylation sites (N-methyl/N-ethyl adjacent to an activating group) is 1. The molecule has 2 N–H and O–H groups in total. The standard InChI is InChI=1S/C10H13BrN4O2/c1-3-4-15-10(17)9(11)7(5-14-15)13-6-8(16)12-2/h3,5,13H,1,4,6H2,2H3,(H,12,16). The molecule has 1 aromatic heterocycles. The number of amides is 1. The Morgan fingerprint density at radius 2 is 2.41 bits per heavy atom. The molecule has 1 rings (SSSR count).